The zero-order chi connectivity index (χ0) is 24.0. The summed E-state index contributed by atoms with van der Waals surface area (Å²) >= 11 is 0. The summed E-state index contributed by atoms with van der Waals surface area (Å²) in [7, 11) is 3.13. The molecule has 8 heteroatoms. The van der Waals surface area contributed by atoms with E-state index in [-0.39, 0.29) is 5.92 Å². The lowest BCUT2D eigenvalue weighted by atomic mass is 9.94. The van der Waals surface area contributed by atoms with Crippen molar-refractivity contribution in [2.24, 2.45) is 5.73 Å². The predicted molar refractivity (Wildman–Crippen MR) is 128 cm³/mol. The zero-order valence-electron chi connectivity index (χ0n) is 19.1. The van der Waals surface area contributed by atoms with Gasteiger partial charge in [0.15, 0.2) is 11.4 Å². The number of carbonyl (C=O) groups excluding carboxylic acids is 1. The molecule has 0 bridgehead atoms. The molecule has 4 aromatic rings. The number of aliphatic hydroxyl groups is 1. The van der Waals surface area contributed by atoms with Crippen LogP contribution in [0.5, 0.6) is 11.6 Å². The normalized spacial score (nSPS) is 19.1. The number of rotatable bonds is 6. The van der Waals surface area contributed by atoms with Crippen LogP contribution in [0.2, 0.25) is 0 Å². The van der Waals surface area contributed by atoms with Gasteiger partial charge in [-0.05, 0) is 48.2 Å². The Balaban J connectivity index is 1.62. The van der Waals surface area contributed by atoms with Crippen molar-refractivity contribution in [1.82, 2.24) is 15.0 Å². The minimum absolute atomic E-state index is 0.274. The molecule has 2 heterocycles. The van der Waals surface area contributed by atoms with Crippen molar-refractivity contribution in [3.63, 3.8) is 0 Å². The minimum Gasteiger partial charge on any atom is -0.491 e. The number of ether oxygens (including phenoxy) is 2. The fourth-order valence-corrected chi connectivity index (χ4v) is 4.38. The monoisotopic (exact) mass is 456 g/mol. The summed E-state index contributed by atoms with van der Waals surface area (Å²) in [6.45, 7) is 1.95. The molecule has 2 unspecified atom stereocenters. The van der Waals surface area contributed by atoms with Crippen molar-refractivity contribution in [2.45, 2.75) is 24.9 Å². The summed E-state index contributed by atoms with van der Waals surface area (Å²) in [6, 6.07) is 13.8. The first-order chi connectivity index (χ1) is 16.4. The summed E-state index contributed by atoms with van der Waals surface area (Å²) in [5, 5.41) is 11.2. The van der Waals surface area contributed by atoms with Gasteiger partial charge in [0, 0.05) is 34.3 Å². The highest BCUT2D eigenvalue weighted by Gasteiger charge is 2.58. The summed E-state index contributed by atoms with van der Waals surface area (Å²) in [5.74, 6) is -0.00252. The summed E-state index contributed by atoms with van der Waals surface area (Å²) in [4.78, 5) is 24.8. The Morgan fingerprint density at radius 2 is 1.79 bits per heavy atom. The fraction of sp³-hybridized carbons (Fsp3) is 0.231. The lowest BCUT2D eigenvalue weighted by molar-refractivity contribution is -0.128. The van der Waals surface area contributed by atoms with Gasteiger partial charge in [0.05, 0.1) is 19.7 Å². The standard InChI is InChI=1S/C26H24N4O4/c1-14-19-8-17(18-10-22(33-2)24(34-3)28-12-18)9-20(23(19)30-13-29-14)15-4-6-16(7-5-15)21-11-26(21,32)25(27)31/h4-10,12-13,21,32H,11H2,1-3H3,(H2,27,31). The SMILES string of the molecule is COc1cc(-c2cc(-c3ccc(C4CC4(O)C(N)=O)cc3)c3ncnc(C)c3c2)cnc1OC. The van der Waals surface area contributed by atoms with Gasteiger partial charge in [-0.3, -0.25) is 4.79 Å². The second-order valence-corrected chi connectivity index (χ2v) is 8.48. The van der Waals surface area contributed by atoms with Gasteiger partial charge in [0.2, 0.25) is 5.91 Å². The number of hydrogen-bond donors (Lipinski definition) is 2. The minimum atomic E-state index is -1.45. The third-order valence-corrected chi connectivity index (χ3v) is 6.49. The van der Waals surface area contributed by atoms with E-state index in [2.05, 4.69) is 21.0 Å². The van der Waals surface area contributed by atoms with Gasteiger partial charge in [-0.15, -0.1) is 0 Å². The van der Waals surface area contributed by atoms with Gasteiger partial charge >= 0.3 is 0 Å². The molecule has 1 fully saturated rings. The molecule has 34 heavy (non-hydrogen) atoms. The molecular weight excluding hydrogens is 432 g/mol. The van der Waals surface area contributed by atoms with Crippen molar-refractivity contribution in [2.75, 3.05) is 14.2 Å². The molecule has 2 aromatic carbocycles. The molecule has 1 aliphatic rings. The van der Waals surface area contributed by atoms with Crippen LogP contribution in [-0.2, 0) is 4.79 Å². The maximum atomic E-state index is 11.5. The van der Waals surface area contributed by atoms with Crippen LogP contribution in [0.4, 0.5) is 0 Å². The highest BCUT2D eigenvalue weighted by atomic mass is 16.5. The molecule has 5 rings (SSSR count). The Labute approximate surface area is 196 Å². The molecule has 172 valence electrons. The van der Waals surface area contributed by atoms with Gasteiger partial charge in [-0.25, -0.2) is 15.0 Å². The van der Waals surface area contributed by atoms with Gasteiger partial charge in [0.1, 0.15) is 6.33 Å². The number of hydrogen-bond acceptors (Lipinski definition) is 7. The van der Waals surface area contributed by atoms with E-state index < -0.39 is 11.5 Å². The number of carbonyl (C=O) groups is 1. The number of aromatic nitrogens is 3. The van der Waals surface area contributed by atoms with Crippen LogP contribution in [0.15, 0.2) is 55.0 Å². The summed E-state index contributed by atoms with van der Waals surface area (Å²) in [6.07, 6.45) is 3.65. The van der Waals surface area contributed by atoms with E-state index in [0.29, 0.717) is 18.1 Å². The van der Waals surface area contributed by atoms with E-state index in [1.54, 1.807) is 26.7 Å². The average molecular weight is 457 g/mol. The number of pyridine rings is 1. The summed E-state index contributed by atoms with van der Waals surface area (Å²) in [5.41, 5.74) is 10.1. The molecule has 3 N–H and O–H groups in total. The van der Waals surface area contributed by atoms with Gasteiger partial charge < -0.3 is 20.3 Å². The van der Waals surface area contributed by atoms with Gasteiger partial charge in [-0.2, -0.15) is 0 Å². The number of primary amides is 1. The lowest BCUT2D eigenvalue weighted by Crippen LogP contribution is -2.31. The first kappa shape index (κ1) is 21.8. The van der Waals surface area contributed by atoms with E-state index in [1.807, 2.05) is 43.3 Å². The number of aryl methyl sites for hydroxylation is 1. The molecule has 1 amide bonds. The Morgan fingerprint density at radius 3 is 2.44 bits per heavy atom. The number of benzene rings is 2. The van der Waals surface area contributed by atoms with Crippen molar-refractivity contribution in [1.29, 1.82) is 0 Å². The van der Waals surface area contributed by atoms with Gasteiger partial charge in [-0.1, -0.05) is 24.3 Å². The van der Waals surface area contributed by atoms with E-state index in [9.17, 15) is 9.90 Å². The first-order valence-electron chi connectivity index (χ1n) is 10.8. The van der Waals surface area contributed by atoms with Crippen molar-refractivity contribution in [3.8, 4) is 33.9 Å². The Bertz CT molecular complexity index is 1420. The summed E-state index contributed by atoms with van der Waals surface area (Å²) < 4.78 is 10.7. The predicted octanol–water partition coefficient (Wildman–Crippen LogP) is 3.39. The second-order valence-electron chi connectivity index (χ2n) is 8.48. The molecule has 0 saturated heterocycles. The number of fused-ring (bicyclic) bond motifs is 1. The van der Waals surface area contributed by atoms with Crippen LogP contribution >= 0.6 is 0 Å². The lowest BCUT2D eigenvalue weighted by Gasteiger charge is -2.13. The maximum absolute atomic E-state index is 11.5. The third-order valence-electron chi connectivity index (χ3n) is 6.49. The van der Waals surface area contributed by atoms with Crippen LogP contribution in [0.25, 0.3) is 33.2 Å². The molecule has 0 radical (unpaired) electrons. The van der Waals surface area contributed by atoms with Crippen LogP contribution in [-0.4, -0.2) is 45.8 Å². The fourth-order valence-electron chi connectivity index (χ4n) is 4.38. The molecular formula is C26H24N4O4. The van der Waals surface area contributed by atoms with Crippen LogP contribution < -0.4 is 15.2 Å². The van der Waals surface area contributed by atoms with E-state index in [0.717, 1.165) is 44.4 Å². The highest BCUT2D eigenvalue weighted by molar-refractivity contribution is 5.98. The van der Waals surface area contributed by atoms with Gasteiger partial charge in [0.25, 0.3) is 5.88 Å². The Morgan fingerprint density at radius 1 is 1.03 bits per heavy atom. The Hall–Kier alpha value is -4.04. The number of nitrogens with zero attached hydrogens (tertiary/aromatic N) is 3. The zero-order valence-corrected chi connectivity index (χ0v) is 19.1. The van der Waals surface area contributed by atoms with Crippen LogP contribution in [0.1, 0.15) is 23.6 Å². The number of methoxy groups -OCH3 is 2. The largest absolute Gasteiger partial charge is 0.491 e. The third kappa shape index (κ3) is 3.52. The van der Waals surface area contributed by atoms with E-state index >= 15 is 0 Å². The maximum Gasteiger partial charge on any atom is 0.256 e. The Kier molecular flexibility index (Phi) is 5.17. The van der Waals surface area contributed by atoms with Crippen molar-refractivity contribution >= 4 is 16.8 Å². The molecule has 0 spiro atoms. The van der Waals surface area contributed by atoms with Crippen molar-refractivity contribution in [3.05, 3.63) is 66.2 Å². The molecule has 0 aliphatic heterocycles. The molecule has 1 saturated carbocycles. The molecule has 2 atom stereocenters. The second kappa shape index (κ2) is 8.07. The highest BCUT2D eigenvalue weighted by Crippen LogP contribution is 2.51. The molecule has 1 aliphatic carbocycles. The first-order valence-corrected chi connectivity index (χ1v) is 10.8. The van der Waals surface area contributed by atoms with Crippen LogP contribution in [0, 0.1) is 6.92 Å². The topological polar surface area (TPSA) is 120 Å². The number of nitrogens with two attached hydrogens (primary N) is 1. The van der Waals surface area contributed by atoms with E-state index in [4.69, 9.17) is 15.2 Å². The molecule has 2 aromatic heterocycles. The molecule has 8 nitrogen and oxygen atoms in total. The van der Waals surface area contributed by atoms with Crippen LogP contribution in [0.3, 0.4) is 0 Å². The van der Waals surface area contributed by atoms with Crippen molar-refractivity contribution < 1.29 is 19.4 Å². The average Bonchev–Trinajstić information content (AvgIpc) is 3.56. The smallest absolute Gasteiger partial charge is 0.256 e. The number of amides is 1. The quantitative estimate of drug-likeness (QED) is 0.456. The van der Waals surface area contributed by atoms with E-state index in [1.165, 1.54) is 0 Å².